The van der Waals surface area contributed by atoms with Crippen molar-refractivity contribution in [1.82, 2.24) is 16.0 Å². The van der Waals surface area contributed by atoms with Crippen LogP contribution < -0.4 is 16.0 Å². The second-order valence-electron chi connectivity index (χ2n) is 6.21. The van der Waals surface area contributed by atoms with Crippen LogP contribution in [0.2, 0.25) is 0 Å². The zero-order chi connectivity index (χ0) is 13.1. The Balaban J connectivity index is 1.81. The summed E-state index contributed by atoms with van der Waals surface area (Å²) in [5.41, 5.74) is 0.277. The molecule has 1 aliphatic carbocycles. The number of hydrogen-bond acceptors (Lipinski definition) is 2. The molecular formula is C15H25N3O. The minimum absolute atomic E-state index is 0.00446. The van der Waals surface area contributed by atoms with Crippen molar-refractivity contribution in [2.45, 2.75) is 57.0 Å². The third kappa shape index (κ3) is 2.64. The van der Waals surface area contributed by atoms with Crippen LogP contribution in [0.3, 0.4) is 0 Å². The maximum atomic E-state index is 11.7. The van der Waals surface area contributed by atoms with Gasteiger partial charge in [0.1, 0.15) is 0 Å². The summed E-state index contributed by atoms with van der Waals surface area (Å²) in [4.78, 5) is 11.7. The molecule has 0 aromatic carbocycles. The van der Waals surface area contributed by atoms with Gasteiger partial charge in [-0.05, 0) is 51.5 Å². The smallest absolute Gasteiger partial charge is 0.315 e. The van der Waals surface area contributed by atoms with Crippen molar-refractivity contribution in [2.24, 2.45) is 5.41 Å². The van der Waals surface area contributed by atoms with Gasteiger partial charge < -0.3 is 16.0 Å². The summed E-state index contributed by atoms with van der Waals surface area (Å²) in [6, 6.07) is 0.678. The standard InChI is InChI=1S/C15H25N3O/c19-14-17-10-4-6-12(18-14)13-15(9-5-11-16-13)7-2-1-3-8-15/h2,7,12-13,16H,1,3-6,8-11H2,(H2,17,18,19). The molecule has 3 rings (SSSR count). The molecular weight excluding hydrogens is 238 g/mol. The monoisotopic (exact) mass is 263 g/mol. The first-order chi connectivity index (χ1) is 9.30. The van der Waals surface area contributed by atoms with Gasteiger partial charge in [0, 0.05) is 24.0 Å². The fourth-order valence-corrected chi connectivity index (χ4v) is 4.06. The Morgan fingerprint density at radius 2 is 2.05 bits per heavy atom. The number of urea groups is 1. The number of rotatable bonds is 1. The van der Waals surface area contributed by atoms with E-state index in [0.29, 0.717) is 6.04 Å². The van der Waals surface area contributed by atoms with Crippen molar-refractivity contribution >= 4 is 6.03 Å². The van der Waals surface area contributed by atoms with Gasteiger partial charge in [0.25, 0.3) is 0 Å². The molecule has 2 amide bonds. The van der Waals surface area contributed by atoms with Crippen molar-refractivity contribution in [3.8, 4) is 0 Å². The highest BCUT2D eigenvalue weighted by molar-refractivity contribution is 5.74. The zero-order valence-corrected chi connectivity index (χ0v) is 11.6. The molecule has 2 aliphatic heterocycles. The number of nitrogens with one attached hydrogen (secondary N) is 3. The van der Waals surface area contributed by atoms with Crippen LogP contribution in [-0.2, 0) is 0 Å². The van der Waals surface area contributed by atoms with Gasteiger partial charge in [0.05, 0.1) is 0 Å². The molecule has 0 aromatic rings. The summed E-state index contributed by atoms with van der Waals surface area (Å²) in [6.45, 7) is 1.89. The van der Waals surface area contributed by atoms with E-state index in [4.69, 9.17) is 0 Å². The van der Waals surface area contributed by atoms with E-state index in [-0.39, 0.29) is 17.5 Å². The van der Waals surface area contributed by atoms with E-state index >= 15 is 0 Å². The molecule has 2 heterocycles. The third-order valence-corrected chi connectivity index (χ3v) is 4.96. The number of carbonyl (C=O) groups excluding carboxylic acids is 1. The molecule has 19 heavy (non-hydrogen) atoms. The van der Waals surface area contributed by atoms with Crippen LogP contribution in [0, 0.1) is 5.41 Å². The Labute approximate surface area is 115 Å². The van der Waals surface area contributed by atoms with Crippen molar-refractivity contribution < 1.29 is 4.79 Å². The Morgan fingerprint density at radius 1 is 1.16 bits per heavy atom. The molecule has 3 aliphatic rings. The van der Waals surface area contributed by atoms with Gasteiger partial charge in [0.2, 0.25) is 0 Å². The van der Waals surface area contributed by atoms with Crippen LogP contribution in [0.15, 0.2) is 12.2 Å². The number of carbonyl (C=O) groups is 1. The average molecular weight is 263 g/mol. The molecule has 2 saturated heterocycles. The van der Waals surface area contributed by atoms with Crippen molar-refractivity contribution in [3.05, 3.63) is 12.2 Å². The van der Waals surface area contributed by atoms with Crippen LogP contribution in [0.5, 0.6) is 0 Å². The predicted octanol–water partition coefficient (Wildman–Crippen LogP) is 1.93. The van der Waals surface area contributed by atoms with Crippen LogP contribution >= 0.6 is 0 Å². The highest BCUT2D eigenvalue weighted by Gasteiger charge is 2.43. The summed E-state index contributed by atoms with van der Waals surface area (Å²) in [7, 11) is 0. The lowest BCUT2D eigenvalue weighted by Crippen LogP contribution is -2.60. The number of piperidine rings is 1. The molecule has 3 atom stereocenters. The topological polar surface area (TPSA) is 53.2 Å². The van der Waals surface area contributed by atoms with Crippen molar-refractivity contribution in [1.29, 1.82) is 0 Å². The first-order valence-electron chi connectivity index (χ1n) is 7.76. The Kier molecular flexibility index (Phi) is 3.78. The molecule has 0 radical (unpaired) electrons. The summed E-state index contributed by atoms with van der Waals surface area (Å²) < 4.78 is 0. The molecule has 0 saturated carbocycles. The highest BCUT2D eigenvalue weighted by atomic mass is 16.2. The van der Waals surface area contributed by atoms with Crippen LogP contribution in [0.25, 0.3) is 0 Å². The van der Waals surface area contributed by atoms with E-state index < -0.39 is 0 Å². The lowest BCUT2D eigenvalue weighted by atomic mass is 9.66. The Morgan fingerprint density at radius 3 is 2.89 bits per heavy atom. The van der Waals surface area contributed by atoms with Crippen LogP contribution in [0.1, 0.15) is 44.9 Å². The number of amides is 2. The maximum Gasteiger partial charge on any atom is 0.315 e. The first kappa shape index (κ1) is 13.0. The van der Waals surface area contributed by atoms with Crippen molar-refractivity contribution in [3.63, 3.8) is 0 Å². The molecule has 3 unspecified atom stereocenters. The Bertz CT molecular complexity index is 368. The van der Waals surface area contributed by atoms with Gasteiger partial charge >= 0.3 is 6.03 Å². The van der Waals surface area contributed by atoms with E-state index in [1.165, 1.54) is 32.1 Å². The zero-order valence-electron chi connectivity index (χ0n) is 11.6. The van der Waals surface area contributed by atoms with Gasteiger partial charge in [-0.2, -0.15) is 0 Å². The largest absolute Gasteiger partial charge is 0.338 e. The van der Waals surface area contributed by atoms with E-state index in [9.17, 15) is 4.79 Å². The molecule has 106 valence electrons. The van der Waals surface area contributed by atoms with E-state index in [2.05, 4.69) is 28.1 Å². The van der Waals surface area contributed by atoms with Crippen LogP contribution in [-0.4, -0.2) is 31.2 Å². The summed E-state index contributed by atoms with van der Waals surface area (Å²) >= 11 is 0. The van der Waals surface area contributed by atoms with Crippen LogP contribution in [0.4, 0.5) is 4.79 Å². The molecule has 1 spiro atoms. The normalized spacial score (nSPS) is 39.5. The molecule has 0 bridgehead atoms. The summed E-state index contributed by atoms with van der Waals surface area (Å²) in [5.74, 6) is 0. The summed E-state index contributed by atoms with van der Waals surface area (Å²) in [5, 5.41) is 9.79. The number of hydrogen-bond donors (Lipinski definition) is 3. The highest BCUT2D eigenvalue weighted by Crippen LogP contribution is 2.42. The van der Waals surface area contributed by atoms with Gasteiger partial charge in [-0.25, -0.2) is 4.79 Å². The quantitative estimate of drug-likeness (QED) is 0.633. The molecule has 4 heteroatoms. The first-order valence-corrected chi connectivity index (χ1v) is 7.76. The van der Waals surface area contributed by atoms with Gasteiger partial charge in [-0.3, -0.25) is 0 Å². The fraction of sp³-hybridized carbons (Fsp3) is 0.800. The lowest BCUT2D eigenvalue weighted by molar-refractivity contribution is 0.133. The molecule has 3 N–H and O–H groups in total. The lowest BCUT2D eigenvalue weighted by Gasteiger charge is -2.47. The average Bonchev–Trinajstić information content (AvgIpc) is 2.65. The van der Waals surface area contributed by atoms with E-state index in [1.54, 1.807) is 0 Å². The van der Waals surface area contributed by atoms with Crippen molar-refractivity contribution in [2.75, 3.05) is 13.1 Å². The van der Waals surface area contributed by atoms with E-state index in [1.807, 2.05) is 0 Å². The minimum atomic E-state index is 0.00446. The number of allylic oxidation sites excluding steroid dienone is 1. The molecule has 4 nitrogen and oxygen atoms in total. The molecule has 2 fully saturated rings. The second-order valence-corrected chi connectivity index (χ2v) is 6.21. The third-order valence-electron chi connectivity index (χ3n) is 4.96. The minimum Gasteiger partial charge on any atom is -0.338 e. The second kappa shape index (κ2) is 5.53. The van der Waals surface area contributed by atoms with E-state index in [0.717, 1.165) is 25.9 Å². The van der Waals surface area contributed by atoms with Gasteiger partial charge in [0.15, 0.2) is 0 Å². The molecule has 0 aromatic heterocycles. The van der Waals surface area contributed by atoms with Gasteiger partial charge in [-0.15, -0.1) is 0 Å². The maximum absolute atomic E-state index is 11.7. The van der Waals surface area contributed by atoms with Gasteiger partial charge in [-0.1, -0.05) is 12.2 Å². The fourth-order valence-electron chi connectivity index (χ4n) is 4.06. The Hall–Kier alpha value is -1.03. The summed E-state index contributed by atoms with van der Waals surface area (Å²) in [6.07, 6.45) is 13.2. The predicted molar refractivity (Wildman–Crippen MR) is 76.0 cm³/mol. The SMILES string of the molecule is O=C1NCCCC(C2NCCCC23C=CCCC3)N1.